The Bertz CT molecular complexity index is 2030. The number of fused-ring (bicyclic) bond motifs is 2. The fourth-order valence-electron chi connectivity index (χ4n) is 5.51. The first-order valence-corrected chi connectivity index (χ1v) is 17.3. The standard InChI is InChI=1S/C39H41N5O5S/c1-39(2,3)44-36(47)29-14-8-6-13-27(29)21-34(45)33(23-50-28-18-16-24-10-4-5-12-26(24)20-28)43-38(49)32(22-35(40)46)42-37(48)31-19-17-25-11-7-9-15-30(25)41-31/h4-20,32-34,45H,21-23H2,1-3H3,(H2,40,46)(H,42,48)(H,43,49)(H,44,47)/t32-,33+,34+/m0/s1. The van der Waals surface area contributed by atoms with Crippen molar-refractivity contribution in [3.8, 4) is 0 Å². The zero-order valence-electron chi connectivity index (χ0n) is 28.2. The van der Waals surface area contributed by atoms with Gasteiger partial charge >= 0.3 is 0 Å². The number of hydrogen-bond acceptors (Lipinski definition) is 7. The highest BCUT2D eigenvalue weighted by molar-refractivity contribution is 7.99. The normalized spacial score (nSPS) is 13.3. The van der Waals surface area contributed by atoms with E-state index in [4.69, 9.17) is 5.73 Å². The number of rotatable bonds is 13. The molecule has 4 amide bonds. The molecule has 11 heteroatoms. The summed E-state index contributed by atoms with van der Waals surface area (Å²) in [6.07, 6.45) is -1.57. The Morgan fingerprint density at radius 3 is 2.20 bits per heavy atom. The maximum Gasteiger partial charge on any atom is 0.270 e. The summed E-state index contributed by atoms with van der Waals surface area (Å²) < 4.78 is 0. The average molecular weight is 692 g/mol. The molecule has 5 aromatic rings. The van der Waals surface area contributed by atoms with Gasteiger partial charge in [-0.05, 0) is 67.4 Å². The molecule has 3 atom stereocenters. The summed E-state index contributed by atoms with van der Waals surface area (Å²) in [5.74, 6) is -2.18. The second kappa shape index (κ2) is 16.0. The molecule has 258 valence electrons. The number of pyridine rings is 1. The van der Waals surface area contributed by atoms with Gasteiger partial charge < -0.3 is 26.8 Å². The minimum absolute atomic E-state index is 0.0464. The maximum atomic E-state index is 13.8. The van der Waals surface area contributed by atoms with Crippen LogP contribution in [0.25, 0.3) is 21.7 Å². The Kier molecular flexibility index (Phi) is 11.5. The SMILES string of the molecule is CC(C)(C)NC(=O)c1ccccc1C[C@@H](O)[C@@H](CSc1ccc2ccccc2c1)NC(=O)[C@H](CC(N)=O)NC(=O)c1ccc2ccccc2n1. The molecule has 0 aliphatic rings. The summed E-state index contributed by atoms with van der Waals surface area (Å²) in [5, 5.41) is 23.1. The van der Waals surface area contributed by atoms with E-state index in [-0.39, 0.29) is 23.8 Å². The van der Waals surface area contributed by atoms with Crippen LogP contribution in [-0.2, 0) is 16.0 Å². The Hall–Kier alpha value is -5.26. The molecule has 0 spiro atoms. The van der Waals surface area contributed by atoms with Crippen LogP contribution in [0.4, 0.5) is 0 Å². The van der Waals surface area contributed by atoms with Crippen LogP contribution in [0.5, 0.6) is 0 Å². The molecule has 0 fully saturated rings. The molecule has 1 aromatic heterocycles. The zero-order chi connectivity index (χ0) is 35.8. The molecule has 0 aliphatic carbocycles. The number of aliphatic hydroxyl groups is 1. The minimum atomic E-state index is -1.33. The molecular formula is C39H41N5O5S. The van der Waals surface area contributed by atoms with Crippen molar-refractivity contribution in [2.75, 3.05) is 5.75 Å². The number of thioether (sulfide) groups is 1. The van der Waals surface area contributed by atoms with Crippen molar-refractivity contribution in [2.24, 2.45) is 5.73 Å². The van der Waals surface area contributed by atoms with E-state index in [9.17, 15) is 24.3 Å². The van der Waals surface area contributed by atoms with Crippen molar-refractivity contribution in [1.82, 2.24) is 20.9 Å². The van der Waals surface area contributed by atoms with Gasteiger partial charge in [0, 0.05) is 33.6 Å². The van der Waals surface area contributed by atoms with Gasteiger partial charge in [-0.1, -0.05) is 72.8 Å². The van der Waals surface area contributed by atoms with Gasteiger partial charge in [-0.2, -0.15) is 0 Å². The number of nitrogens with one attached hydrogen (secondary N) is 3. The predicted molar refractivity (Wildman–Crippen MR) is 197 cm³/mol. The van der Waals surface area contributed by atoms with Crippen molar-refractivity contribution in [3.05, 3.63) is 120 Å². The van der Waals surface area contributed by atoms with Crippen LogP contribution in [0.15, 0.2) is 108 Å². The lowest BCUT2D eigenvalue weighted by Gasteiger charge is -2.27. The molecule has 0 unspecified atom stereocenters. The lowest BCUT2D eigenvalue weighted by Crippen LogP contribution is -2.54. The topological polar surface area (TPSA) is 164 Å². The predicted octanol–water partition coefficient (Wildman–Crippen LogP) is 4.77. The van der Waals surface area contributed by atoms with Gasteiger partial charge in [0.15, 0.2) is 0 Å². The molecule has 5 rings (SSSR count). The van der Waals surface area contributed by atoms with E-state index >= 15 is 0 Å². The molecule has 0 radical (unpaired) electrons. The summed E-state index contributed by atoms with van der Waals surface area (Å²) in [7, 11) is 0. The van der Waals surface area contributed by atoms with E-state index < -0.39 is 47.9 Å². The van der Waals surface area contributed by atoms with Crippen LogP contribution in [-0.4, -0.2) is 63.2 Å². The van der Waals surface area contributed by atoms with E-state index in [0.717, 1.165) is 21.1 Å². The summed E-state index contributed by atoms with van der Waals surface area (Å²) >= 11 is 1.44. The molecule has 1 heterocycles. The molecule has 0 aliphatic heterocycles. The van der Waals surface area contributed by atoms with Crippen molar-refractivity contribution >= 4 is 57.1 Å². The van der Waals surface area contributed by atoms with Gasteiger partial charge in [-0.15, -0.1) is 11.8 Å². The summed E-state index contributed by atoms with van der Waals surface area (Å²) in [5.41, 5.74) is 6.71. The number of carbonyl (C=O) groups excluding carboxylic acids is 4. The van der Waals surface area contributed by atoms with Crippen LogP contribution in [0.2, 0.25) is 0 Å². The van der Waals surface area contributed by atoms with Gasteiger partial charge in [0.2, 0.25) is 11.8 Å². The lowest BCUT2D eigenvalue weighted by molar-refractivity contribution is -0.127. The van der Waals surface area contributed by atoms with Gasteiger partial charge in [0.1, 0.15) is 11.7 Å². The number of benzene rings is 4. The highest BCUT2D eigenvalue weighted by Gasteiger charge is 2.30. The van der Waals surface area contributed by atoms with Crippen LogP contribution >= 0.6 is 11.8 Å². The smallest absolute Gasteiger partial charge is 0.270 e. The molecule has 0 saturated carbocycles. The molecule has 0 bridgehead atoms. The molecule has 6 N–H and O–H groups in total. The van der Waals surface area contributed by atoms with E-state index in [1.807, 2.05) is 75.4 Å². The number of para-hydroxylation sites is 1. The van der Waals surface area contributed by atoms with Crippen LogP contribution < -0.4 is 21.7 Å². The zero-order valence-corrected chi connectivity index (χ0v) is 29.0. The number of hydrogen-bond donors (Lipinski definition) is 5. The second-order valence-electron chi connectivity index (χ2n) is 13.2. The Labute approximate surface area is 295 Å². The summed E-state index contributed by atoms with van der Waals surface area (Å²) in [6, 6.07) is 29.3. The van der Waals surface area contributed by atoms with E-state index in [0.29, 0.717) is 16.6 Å². The number of amides is 4. The van der Waals surface area contributed by atoms with Crippen LogP contribution in [0.3, 0.4) is 0 Å². The third-order valence-electron chi connectivity index (χ3n) is 7.98. The van der Waals surface area contributed by atoms with Crippen molar-refractivity contribution < 1.29 is 24.3 Å². The van der Waals surface area contributed by atoms with Crippen molar-refractivity contribution in [3.63, 3.8) is 0 Å². The van der Waals surface area contributed by atoms with Crippen LogP contribution in [0, 0.1) is 0 Å². The first-order valence-electron chi connectivity index (χ1n) is 16.3. The van der Waals surface area contributed by atoms with Gasteiger partial charge in [0.25, 0.3) is 11.8 Å². The highest BCUT2D eigenvalue weighted by atomic mass is 32.2. The van der Waals surface area contributed by atoms with Gasteiger partial charge in [0.05, 0.1) is 24.1 Å². The quantitative estimate of drug-likeness (QED) is 0.111. The number of primary amides is 1. The van der Waals surface area contributed by atoms with Gasteiger partial charge in [-0.25, -0.2) is 4.98 Å². The number of carbonyl (C=O) groups is 4. The number of aromatic nitrogens is 1. The fourth-order valence-corrected chi connectivity index (χ4v) is 6.56. The molecule has 50 heavy (non-hydrogen) atoms. The average Bonchev–Trinajstić information content (AvgIpc) is 3.08. The Balaban J connectivity index is 1.38. The summed E-state index contributed by atoms with van der Waals surface area (Å²) in [6.45, 7) is 5.65. The van der Waals surface area contributed by atoms with E-state index in [2.05, 4.69) is 20.9 Å². The summed E-state index contributed by atoms with van der Waals surface area (Å²) in [4.78, 5) is 57.6. The molecule has 10 nitrogen and oxygen atoms in total. The van der Waals surface area contributed by atoms with E-state index in [1.54, 1.807) is 42.5 Å². The second-order valence-corrected chi connectivity index (χ2v) is 14.2. The van der Waals surface area contributed by atoms with Crippen molar-refractivity contribution in [1.29, 1.82) is 0 Å². The number of aliphatic hydroxyl groups excluding tert-OH is 1. The van der Waals surface area contributed by atoms with Crippen LogP contribution in [0.1, 0.15) is 53.6 Å². The fraction of sp³-hybridized carbons (Fsp3) is 0.256. The first kappa shape index (κ1) is 36.0. The number of nitrogens with zero attached hydrogens (tertiary/aromatic N) is 1. The first-order chi connectivity index (χ1) is 23.9. The lowest BCUT2D eigenvalue weighted by atomic mass is 9.97. The Morgan fingerprint density at radius 2 is 1.46 bits per heavy atom. The minimum Gasteiger partial charge on any atom is -0.391 e. The molecule has 4 aromatic carbocycles. The van der Waals surface area contributed by atoms with E-state index in [1.165, 1.54) is 17.8 Å². The number of nitrogens with two attached hydrogens (primary N) is 1. The van der Waals surface area contributed by atoms with Gasteiger partial charge in [-0.3, -0.25) is 19.2 Å². The molecule has 0 saturated heterocycles. The Morgan fingerprint density at radius 1 is 0.800 bits per heavy atom. The third-order valence-corrected chi connectivity index (χ3v) is 9.09. The third kappa shape index (κ3) is 9.67. The largest absolute Gasteiger partial charge is 0.391 e. The van der Waals surface area contributed by atoms with Crippen molar-refractivity contribution in [2.45, 2.75) is 62.2 Å². The monoisotopic (exact) mass is 691 g/mol. The molecular weight excluding hydrogens is 651 g/mol. The highest BCUT2D eigenvalue weighted by Crippen LogP contribution is 2.26. The maximum absolute atomic E-state index is 13.8.